The van der Waals surface area contributed by atoms with Crippen molar-refractivity contribution in [1.82, 2.24) is 15.1 Å². The maximum atomic E-state index is 16.0. The van der Waals surface area contributed by atoms with E-state index in [0.717, 1.165) is 94.0 Å². The molecule has 2 aliphatic carbocycles. The monoisotopic (exact) mass is 719 g/mol. The Kier molecular flexibility index (Phi) is 9.12. The Morgan fingerprint density at radius 1 is 0.774 bits per heavy atom. The molecule has 6 aliphatic rings. The van der Waals surface area contributed by atoms with Crippen LogP contribution in [0.5, 0.6) is 5.75 Å². The molecule has 0 spiro atoms. The number of nitrogens with zero attached hydrogens (tertiary/aromatic N) is 4. The molecule has 3 aromatic rings. The van der Waals surface area contributed by atoms with Gasteiger partial charge in [0.15, 0.2) is 0 Å². The number of halogens is 1. The summed E-state index contributed by atoms with van der Waals surface area (Å²) in [6, 6.07) is 17.2. The van der Waals surface area contributed by atoms with Crippen molar-refractivity contribution >= 4 is 29.1 Å². The number of hydrogen-bond donors (Lipinski definition) is 2. The number of carbonyl (C=O) groups excluding carboxylic acids is 3. The second-order valence-corrected chi connectivity index (χ2v) is 16.4. The van der Waals surface area contributed by atoms with Crippen LogP contribution in [0.25, 0.3) is 0 Å². The molecule has 3 aromatic carbocycles. The molecule has 4 aliphatic heterocycles. The van der Waals surface area contributed by atoms with Crippen molar-refractivity contribution in [1.29, 1.82) is 0 Å². The van der Waals surface area contributed by atoms with Crippen molar-refractivity contribution in [3.8, 4) is 5.75 Å². The first kappa shape index (κ1) is 34.3. The van der Waals surface area contributed by atoms with Crippen LogP contribution in [0.1, 0.15) is 89.9 Å². The van der Waals surface area contributed by atoms with Gasteiger partial charge in [-0.1, -0.05) is 31.4 Å². The largest absolute Gasteiger partial charge is 0.508 e. The molecule has 3 amide bonds. The van der Waals surface area contributed by atoms with Crippen molar-refractivity contribution in [2.24, 2.45) is 17.8 Å². The summed E-state index contributed by atoms with van der Waals surface area (Å²) in [5, 5.41) is 12.5. The summed E-state index contributed by atoms with van der Waals surface area (Å²) in [6.45, 7) is 6.94. The van der Waals surface area contributed by atoms with Gasteiger partial charge >= 0.3 is 0 Å². The van der Waals surface area contributed by atoms with Crippen molar-refractivity contribution in [2.75, 3.05) is 55.6 Å². The number of amides is 3. The number of carbonyl (C=O) groups is 3. The van der Waals surface area contributed by atoms with Crippen molar-refractivity contribution in [2.45, 2.75) is 76.3 Å². The highest BCUT2D eigenvalue weighted by molar-refractivity contribution is 6.05. The van der Waals surface area contributed by atoms with E-state index >= 15 is 4.39 Å². The van der Waals surface area contributed by atoms with Crippen molar-refractivity contribution in [3.05, 3.63) is 88.2 Å². The van der Waals surface area contributed by atoms with Gasteiger partial charge in [-0.3, -0.25) is 24.6 Å². The van der Waals surface area contributed by atoms with Gasteiger partial charge in [-0.05, 0) is 115 Å². The zero-order chi connectivity index (χ0) is 36.2. The van der Waals surface area contributed by atoms with E-state index < -0.39 is 6.04 Å². The van der Waals surface area contributed by atoms with Crippen LogP contribution in [0.15, 0.2) is 54.6 Å². The number of piperazine rings is 1. The molecule has 9 rings (SSSR count). The molecule has 0 unspecified atom stereocenters. The molecule has 278 valence electrons. The summed E-state index contributed by atoms with van der Waals surface area (Å²) in [5.41, 5.74) is 6.96. The van der Waals surface area contributed by atoms with Crippen LogP contribution in [0, 0.1) is 23.6 Å². The van der Waals surface area contributed by atoms with Gasteiger partial charge in [0.1, 0.15) is 17.6 Å². The highest BCUT2D eigenvalue weighted by Gasteiger charge is 2.40. The average Bonchev–Trinajstić information content (AvgIpc) is 3.46. The molecule has 3 atom stereocenters. The number of aryl methyl sites for hydroxylation is 1. The molecule has 4 fully saturated rings. The number of phenolic OH excluding ortho intramolecular Hbond substituents is 1. The van der Waals surface area contributed by atoms with Gasteiger partial charge < -0.3 is 19.8 Å². The third-order valence-electron chi connectivity index (χ3n) is 13.4. The van der Waals surface area contributed by atoms with E-state index in [9.17, 15) is 19.5 Å². The lowest BCUT2D eigenvalue weighted by Gasteiger charge is -2.43. The van der Waals surface area contributed by atoms with Gasteiger partial charge in [-0.25, -0.2) is 4.39 Å². The summed E-state index contributed by atoms with van der Waals surface area (Å²) in [7, 11) is 0. The molecule has 2 N–H and O–H groups in total. The number of benzene rings is 3. The summed E-state index contributed by atoms with van der Waals surface area (Å²) in [5.74, 6) is 1.41. The molecule has 0 bridgehead atoms. The molecule has 1 saturated carbocycles. The van der Waals surface area contributed by atoms with E-state index in [-0.39, 0.29) is 35.9 Å². The fourth-order valence-electron chi connectivity index (χ4n) is 10.3. The van der Waals surface area contributed by atoms with Crippen LogP contribution in [0.2, 0.25) is 0 Å². The number of nitrogens with one attached hydrogen (secondary N) is 1. The molecular formula is C43H50FN5O4. The molecule has 0 aromatic heterocycles. The lowest BCUT2D eigenvalue weighted by molar-refractivity contribution is -0.136. The van der Waals surface area contributed by atoms with Gasteiger partial charge in [0.05, 0.1) is 5.69 Å². The second-order valence-electron chi connectivity index (χ2n) is 16.4. The number of piperidine rings is 2. The number of phenols is 1. The quantitative estimate of drug-likeness (QED) is 0.297. The maximum Gasteiger partial charge on any atom is 0.255 e. The number of imide groups is 1. The third-order valence-corrected chi connectivity index (χ3v) is 13.4. The van der Waals surface area contributed by atoms with Gasteiger partial charge in [0.25, 0.3) is 5.91 Å². The first-order chi connectivity index (χ1) is 25.8. The normalized spacial score (nSPS) is 25.6. The van der Waals surface area contributed by atoms with Gasteiger partial charge in [0.2, 0.25) is 11.8 Å². The average molecular weight is 720 g/mol. The highest BCUT2D eigenvalue weighted by Crippen LogP contribution is 2.50. The number of hydrogen-bond acceptors (Lipinski definition) is 7. The summed E-state index contributed by atoms with van der Waals surface area (Å²) < 4.78 is 16.0. The fraction of sp³-hybridized carbons (Fsp3) is 0.512. The molecule has 3 saturated heterocycles. The zero-order valence-electron chi connectivity index (χ0n) is 30.4. The number of anilines is 2. The van der Waals surface area contributed by atoms with Gasteiger partial charge in [-0.2, -0.15) is 0 Å². The van der Waals surface area contributed by atoms with Gasteiger partial charge in [0, 0.05) is 75.9 Å². The van der Waals surface area contributed by atoms with E-state index in [0.29, 0.717) is 42.0 Å². The van der Waals surface area contributed by atoms with Crippen molar-refractivity contribution < 1.29 is 23.9 Å². The highest BCUT2D eigenvalue weighted by atomic mass is 19.1. The van der Waals surface area contributed by atoms with Crippen LogP contribution in [0.4, 0.5) is 15.8 Å². The standard InChI is InChI=1S/C43H50FN5O4/c44-37-24-30(41-34(28-2-1-3-28)8-4-29-23-33(50)7-10-35(29)41)5-11-38(37)48-16-14-27(15-17-48)25-46-18-20-47(21-19-46)32-6-9-36-31(22-32)26-49(43(36)53)39-12-13-40(51)45-42(39)52/h5-7,9-11,22-24,27-28,34,39,41,50H,1-4,8,12-21,25-26H2,(H,45,51,52)/t34-,39-,41+/m0/s1. The lowest BCUT2D eigenvalue weighted by Crippen LogP contribution is -2.52. The van der Waals surface area contributed by atoms with Crippen LogP contribution >= 0.6 is 0 Å². The van der Waals surface area contributed by atoms with E-state index in [1.165, 1.54) is 30.4 Å². The molecule has 53 heavy (non-hydrogen) atoms. The van der Waals surface area contributed by atoms with Crippen LogP contribution in [-0.2, 0) is 22.6 Å². The van der Waals surface area contributed by atoms with E-state index in [1.54, 1.807) is 11.0 Å². The number of aromatic hydroxyl groups is 1. The first-order valence-corrected chi connectivity index (χ1v) is 19.9. The zero-order valence-corrected chi connectivity index (χ0v) is 30.4. The molecule has 0 radical (unpaired) electrons. The summed E-state index contributed by atoms with van der Waals surface area (Å²) >= 11 is 0. The van der Waals surface area contributed by atoms with Crippen LogP contribution < -0.4 is 15.1 Å². The minimum Gasteiger partial charge on any atom is -0.508 e. The Hall–Kier alpha value is -4.44. The Balaban J connectivity index is 0.782. The predicted molar refractivity (Wildman–Crippen MR) is 202 cm³/mol. The smallest absolute Gasteiger partial charge is 0.255 e. The summed E-state index contributed by atoms with van der Waals surface area (Å²) in [4.78, 5) is 46.0. The maximum absolute atomic E-state index is 16.0. The van der Waals surface area contributed by atoms with Crippen molar-refractivity contribution in [3.63, 3.8) is 0 Å². The van der Waals surface area contributed by atoms with Gasteiger partial charge in [-0.15, -0.1) is 0 Å². The third kappa shape index (κ3) is 6.57. The first-order valence-electron chi connectivity index (χ1n) is 19.9. The van der Waals surface area contributed by atoms with Crippen LogP contribution in [-0.4, -0.2) is 84.5 Å². The van der Waals surface area contributed by atoms with Crippen LogP contribution in [0.3, 0.4) is 0 Å². The number of fused-ring (bicyclic) bond motifs is 2. The fourth-order valence-corrected chi connectivity index (χ4v) is 10.3. The lowest BCUT2D eigenvalue weighted by atomic mass is 9.62. The topological polar surface area (TPSA) is 96.4 Å². The van der Waals surface area contributed by atoms with E-state index in [4.69, 9.17) is 0 Å². The molecule has 10 heteroatoms. The minimum absolute atomic E-state index is 0.116. The van der Waals surface area contributed by atoms with E-state index in [1.807, 2.05) is 30.3 Å². The Labute approximate surface area is 311 Å². The Bertz CT molecular complexity index is 1910. The SMILES string of the molecule is O=C1CC[C@H](N2Cc3cc(N4CCN(CC5CCN(c6ccc([C@H]7c8ccc(O)cc8CC[C@H]7C7CCC7)cc6F)CC5)CC4)ccc3C2=O)C(=O)N1. The summed E-state index contributed by atoms with van der Waals surface area (Å²) in [6.07, 6.45) is 8.64. The molecule has 9 nitrogen and oxygen atoms in total. The number of rotatable bonds is 7. The van der Waals surface area contributed by atoms with E-state index in [2.05, 4.69) is 38.2 Å². The predicted octanol–water partition coefficient (Wildman–Crippen LogP) is 5.83. The second kappa shape index (κ2) is 14.1. The Morgan fingerprint density at radius 2 is 1.58 bits per heavy atom. The molecule has 4 heterocycles. The molecular weight excluding hydrogens is 670 g/mol. The minimum atomic E-state index is -0.599. The Morgan fingerprint density at radius 3 is 2.32 bits per heavy atom.